The molecule has 1 saturated carbocycles. The second-order valence-corrected chi connectivity index (χ2v) is 6.81. The maximum absolute atomic E-state index is 11.7. The van der Waals surface area contributed by atoms with Crippen molar-refractivity contribution in [3.63, 3.8) is 0 Å². The van der Waals surface area contributed by atoms with Gasteiger partial charge >= 0.3 is 0 Å². The number of carbonyl (C=O) groups is 1. The smallest absolute Gasteiger partial charge is 0.252 e. The van der Waals surface area contributed by atoms with Crippen LogP contribution in [0.15, 0.2) is 11.4 Å². The molecule has 0 saturated heterocycles. The molecule has 0 spiro atoms. The Hall–Kier alpha value is -0.100. The minimum atomic E-state index is 0.0843. The van der Waals surface area contributed by atoms with Gasteiger partial charge in [-0.2, -0.15) is 0 Å². The molecule has 2 rings (SSSR count). The molecule has 1 aliphatic rings. The van der Waals surface area contributed by atoms with E-state index in [-0.39, 0.29) is 5.91 Å². The summed E-state index contributed by atoms with van der Waals surface area (Å²) in [5.74, 6) is 0.799. The Bertz CT molecular complexity index is 344. The van der Waals surface area contributed by atoms with Crippen LogP contribution in [0.5, 0.6) is 0 Å². The highest BCUT2D eigenvalue weighted by Crippen LogP contribution is 2.24. The average molecular weight is 335 g/mol. The Kier molecular flexibility index (Phi) is 4.02. The number of rotatable bonds is 3. The lowest BCUT2D eigenvalue weighted by Gasteiger charge is -2.09. The molecule has 0 bridgehead atoms. The van der Waals surface area contributed by atoms with Gasteiger partial charge in [0.05, 0.1) is 8.45 Å². The predicted molar refractivity (Wildman–Crippen MR) is 71.3 cm³/mol. The fourth-order valence-electron chi connectivity index (χ4n) is 1.98. The van der Waals surface area contributed by atoms with Crippen LogP contribution in [0.4, 0.5) is 0 Å². The first-order valence-electron chi connectivity index (χ1n) is 5.28. The van der Waals surface area contributed by atoms with Gasteiger partial charge < -0.3 is 5.32 Å². The van der Waals surface area contributed by atoms with Crippen molar-refractivity contribution >= 4 is 39.8 Å². The highest BCUT2D eigenvalue weighted by atomic mass is 127. The SMILES string of the molecule is O=C(NCC1CCCC1)c1csc(I)c1. The summed E-state index contributed by atoms with van der Waals surface area (Å²) in [5, 5.41) is 4.94. The lowest BCUT2D eigenvalue weighted by atomic mass is 10.1. The highest BCUT2D eigenvalue weighted by molar-refractivity contribution is 14.1. The minimum Gasteiger partial charge on any atom is -0.352 e. The largest absolute Gasteiger partial charge is 0.352 e. The molecule has 0 radical (unpaired) electrons. The van der Waals surface area contributed by atoms with E-state index in [0.717, 1.165) is 12.1 Å². The van der Waals surface area contributed by atoms with Gasteiger partial charge in [-0.1, -0.05) is 12.8 Å². The van der Waals surface area contributed by atoms with Crippen LogP contribution in [-0.4, -0.2) is 12.5 Å². The van der Waals surface area contributed by atoms with Crippen molar-refractivity contribution in [1.29, 1.82) is 0 Å². The summed E-state index contributed by atoms with van der Waals surface area (Å²) in [5.41, 5.74) is 0.808. The van der Waals surface area contributed by atoms with Gasteiger partial charge in [0.25, 0.3) is 5.91 Å². The topological polar surface area (TPSA) is 29.1 Å². The van der Waals surface area contributed by atoms with Gasteiger partial charge in [-0.05, 0) is 47.4 Å². The Morgan fingerprint density at radius 3 is 2.87 bits per heavy atom. The van der Waals surface area contributed by atoms with Crippen LogP contribution >= 0.6 is 33.9 Å². The summed E-state index contributed by atoms with van der Waals surface area (Å²) in [4.78, 5) is 11.7. The zero-order chi connectivity index (χ0) is 10.7. The molecule has 15 heavy (non-hydrogen) atoms. The van der Waals surface area contributed by atoms with E-state index in [9.17, 15) is 4.79 Å². The monoisotopic (exact) mass is 335 g/mol. The summed E-state index contributed by atoms with van der Waals surface area (Å²) >= 11 is 3.86. The van der Waals surface area contributed by atoms with Crippen LogP contribution in [0.25, 0.3) is 0 Å². The summed E-state index contributed by atoms with van der Waals surface area (Å²) in [7, 11) is 0. The Morgan fingerprint density at radius 2 is 2.27 bits per heavy atom. The number of hydrogen-bond donors (Lipinski definition) is 1. The van der Waals surface area contributed by atoms with Crippen molar-refractivity contribution in [1.82, 2.24) is 5.32 Å². The molecule has 0 atom stereocenters. The Morgan fingerprint density at radius 1 is 1.53 bits per heavy atom. The molecule has 4 heteroatoms. The molecule has 0 unspecified atom stereocenters. The molecule has 2 nitrogen and oxygen atoms in total. The van der Waals surface area contributed by atoms with Crippen molar-refractivity contribution in [2.75, 3.05) is 6.54 Å². The summed E-state index contributed by atoms with van der Waals surface area (Å²) < 4.78 is 1.17. The lowest BCUT2D eigenvalue weighted by Crippen LogP contribution is -2.27. The van der Waals surface area contributed by atoms with Crippen LogP contribution in [0.2, 0.25) is 0 Å². The maximum atomic E-state index is 11.7. The zero-order valence-electron chi connectivity index (χ0n) is 8.46. The van der Waals surface area contributed by atoms with Crippen molar-refractivity contribution in [3.8, 4) is 0 Å². The molecule has 0 aromatic carbocycles. The van der Waals surface area contributed by atoms with E-state index >= 15 is 0 Å². The molecule has 1 aromatic rings. The van der Waals surface area contributed by atoms with Gasteiger partial charge in [-0.3, -0.25) is 4.79 Å². The molecule has 82 valence electrons. The van der Waals surface area contributed by atoms with Crippen molar-refractivity contribution in [3.05, 3.63) is 19.9 Å². The van der Waals surface area contributed by atoms with Gasteiger partial charge in [-0.15, -0.1) is 11.3 Å². The summed E-state index contributed by atoms with van der Waals surface area (Å²) in [6.45, 7) is 0.852. The van der Waals surface area contributed by atoms with Gasteiger partial charge in [0, 0.05) is 11.9 Å². The second-order valence-electron chi connectivity index (χ2n) is 4.00. The van der Waals surface area contributed by atoms with Crippen LogP contribution in [0, 0.1) is 8.80 Å². The second kappa shape index (κ2) is 5.30. The molecule has 1 fully saturated rings. The molecular formula is C11H14INOS. The normalized spacial score (nSPS) is 16.9. The van der Waals surface area contributed by atoms with Gasteiger partial charge in [-0.25, -0.2) is 0 Å². The summed E-state index contributed by atoms with van der Waals surface area (Å²) in [6, 6.07) is 1.94. The Labute approximate surface area is 108 Å². The average Bonchev–Trinajstić information content (AvgIpc) is 2.84. The first kappa shape index (κ1) is 11.4. The van der Waals surface area contributed by atoms with Gasteiger partial charge in [0.15, 0.2) is 0 Å². The van der Waals surface area contributed by atoms with E-state index in [1.165, 1.54) is 28.6 Å². The molecule has 1 heterocycles. The number of halogens is 1. The van der Waals surface area contributed by atoms with E-state index in [1.54, 1.807) is 11.3 Å². The molecule has 1 aromatic heterocycles. The highest BCUT2D eigenvalue weighted by Gasteiger charge is 2.16. The molecule has 1 aliphatic carbocycles. The fraction of sp³-hybridized carbons (Fsp3) is 0.545. The number of amides is 1. The first-order chi connectivity index (χ1) is 7.25. The van der Waals surface area contributed by atoms with Crippen molar-refractivity contribution in [2.24, 2.45) is 5.92 Å². The van der Waals surface area contributed by atoms with E-state index in [4.69, 9.17) is 0 Å². The molecular weight excluding hydrogens is 321 g/mol. The minimum absolute atomic E-state index is 0.0843. The Balaban J connectivity index is 1.81. The number of hydrogen-bond acceptors (Lipinski definition) is 2. The van der Waals surface area contributed by atoms with E-state index < -0.39 is 0 Å². The van der Waals surface area contributed by atoms with Crippen LogP contribution in [0.1, 0.15) is 36.0 Å². The quantitative estimate of drug-likeness (QED) is 0.844. The fourth-order valence-corrected chi connectivity index (χ4v) is 3.31. The zero-order valence-corrected chi connectivity index (χ0v) is 11.4. The summed E-state index contributed by atoms with van der Waals surface area (Å²) in [6.07, 6.45) is 5.22. The van der Waals surface area contributed by atoms with Crippen molar-refractivity contribution < 1.29 is 4.79 Å². The molecule has 0 aliphatic heterocycles. The van der Waals surface area contributed by atoms with Gasteiger partial charge in [0.1, 0.15) is 0 Å². The first-order valence-corrected chi connectivity index (χ1v) is 7.24. The standard InChI is InChI=1S/C11H14INOS/c12-10-5-9(7-15-10)11(14)13-6-8-3-1-2-4-8/h5,7-8H,1-4,6H2,(H,13,14). The number of thiophene rings is 1. The van der Waals surface area contributed by atoms with E-state index in [0.29, 0.717) is 5.92 Å². The third-order valence-electron chi connectivity index (χ3n) is 2.86. The number of carbonyl (C=O) groups excluding carboxylic acids is 1. The lowest BCUT2D eigenvalue weighted by molar-refractivity contribution is 0.0948. The molecule has 1 amide bonds. The maximum Gasteiger partial charge on any atom is 0.252 e. The van der Waals surface area contributed by atoms with E-state index in [1.807, 2.05) is 11.4 Å². The molecule has 1 N–H and O–H groups in total. The third-order valence-corrected chi connectivity index (χ3v) is 4.64. The number of nitrogens with one attached hydrogen (secondary N) is 1. The van der Waals surface area contributed by atoms with E-state index in [2.05, 4.69) is 27.9 Å². The third kappa shape index (κ3) is 3.17. The predicted octanol–water partition coefficient (Wildman–Crippen LogP) is 3.27. The van der Waals surface area contributed by atoms with Crippen LogP contribution in [-0.2, 0) is 0 Å². The van der Waals surface area contributed by atoms with Crippen LogP contribution < -0.4 is 5.32 Å². The van der Waals surface area contributed by atoms with Crippen molar-refractivity contribution in [2.45, 2.75) is 25.7 Å². The van der Waals surface area contributed by atoms with Crippen LogP contribution in [0.3, 0.4) is 0 Å². The van der Waals surface area contributed by atoms with Gasteiger partial charge in [0.2, 0.25) is 0 Å².